The highest BCUT2D eigenvalue weighted by molar-refractivity contribution is 6.30. The van der Waals surface area contributed by atoms with Gasteiger partial charge in [-0.2, -0.15) is 0 Å². The Hall–Kier alpha value is -2.73. The highest BCUT2D eigenvalue weighted by Crippen LogP contribution is 2.81. The molecule has 344 valence electrons. The van der Waals surface area contributed by atoms with Crippen molar-refractivity contribution in [3.8, 4) is 0 Å². The number of hydrogen-bond acceptors (Lipinski definition) is 5. The Balaban J connectivity index is 1.21. The Morgan fingerprint density at radius 3 is 2.11 bits per heavy atom. The zero-order valence-corrected chi connectivity index (χ0v) is 42.0. The number of fused-ring (bicyclic) bond motifs is 7. The second kappa shape index (κ2) is 16.9. The molecule has 4 saturated carbocycles. The topological polar surface area (TPSA) is 89.5 Å². The highest BCUT2D eigenvalue weighted by Gasteiger charge is 2.74. The van der Waals surface area contributed by atoms with Crippen LogP contribution in [0.15, 0.2) is 47.1 Å². The van der Waals surface area contributed by atoms with Gasteiger partial charge >= 0.3 is 5.97 Å². The van der Waals surface area contributed by atoms with Gasteiger partial charge in [-0.1, -0.05) is 85.2 Å². The number of carbonyl (C=O) groups excluding carboxylic acids is 4. The maximum atomic E-state index is 14.3. The summed E-state index contributed by atoms with van der Waals surface area (Å²) < 4.78 is 5.71. The van der Waals surface area contributed by atoms with Gasteiger partial charge in [0.15, 0.2) is 5.78 Å². The van der Waals surface area contributed by atoms with E-state index in [-0.39, 0.29) is 74.7 Å². The van der Waals surface area contributed by atoms with E-state index in [1.165, 1.54) is 11.1 Å². The molecule has 4 fully saturated rings. The number of carbonyl (C=O) groups is 4. The van der Waals surface area contributed by atoms with Crippen LogP contribution in [-0.2, 0) is 30.3 Å². The van der Waals surface area contributed by atoms with Gasteiger partial charge in [-0.15, -0.1) is 0 Å². The van der Waals surface area contributed by atoms with Crippen molar-refractivity contribution >= 4 is 35.0 Å². The molecule has 8 atom stereocenters. The SMILES string of the molecule is C/C(=C\[C@@]12CC[C@]3(C)[C@H](CCC4(C)[C@@]5(C)CCC(CC(=O)CC(C)(C)C(=O)OC(C)(C)C)C(C)(C)[C@H]5CC[C@]43C)C1=C(C(C)C)C(=O)C2)C(=O)NCCCCc1ccc(Cl)cc1. The second-order valence-electron chi connectivity index (χ2n) is 24.4. The van der Waals surface area contributed by atoms with Crippen LogP contribution < -0.4 is 5.32 Å². The number of nitrogens with one attached hydrogen (secondary N) is 1. The minimum absolute atomic E-state index is 0.00410. The average molecular weight is 873 g/mol. The number of halogens is 1. The first-order valence-corrected chi connectivity index (χ1v) is 24.7. The van der Waals surface area contributed by atoms with Crippen molar-refractivity contribution in [2.24, 2.45) is 61.6 Å². The average Bonchev–Trinajstić information content (AvgIpc) is 3.45. The number of unbranched alkanes of at least 4 members (excludes halogenated alkanes) is 1. The fourth-order valence-corrected chi connectivity index (χ4v) is 15.1. The van der Waals surface area contributed by atoms with Crippen LogP contribution in [0, 0.1) is 61.6 Å². The molecule has 5 aliphatic rings. The molecule has 2 unspecified atom stereocenters. The molecule has 62 heavy (non-hydrogen) atoms. The van der Waals surface area contributed by atoms with Gasteiger partial charge in [0, 0.05) is 41.8 Å². The van der Waals surface area contributed by atoms with E-state index in [1.54, 1.807) is 0 Å². The van der Waals surface area contributed by atoms with Gasteiger partial charge in [-0.25, -0.2) is 0 Å². The fourth-order valence-electron chi connectivity index (χ4n) is 14.9. The standard InChI is InChI=1S/C55H82ClNO5/c1-35(2)44-42(59)34-55(32-36(3)46(60)57-30-16-15-17-37-18-20-39(56)21-19-37)29-28-51(11)41(45(44)55)23-26-54(14)52(12)25-22-38(50(9,10)43(52)24-27-53(51,54)13)31-40(58)33-49(7,8)47(61)62-48(4,5)6/h18-21,32,35,38,41,43H,15-17,22-31,33-34H2,1-14H3,(H,57,60)/b36-32+/t38?,41-,43-,51-,52+,53+,54?,55-/m1/s1. The molecule has 1 N–H and O–H groups in total. The van der Waals surface area contributed by atoms with Crippen molar-refractivity contribution in [3.63, 3.8) is 0 Å². The predicted molar refractivity (Wildman–Crippen MR) is 253 cm³/mol. The van der Waals surface area contributed by atoms with Gasteiger partial charge in [-0.3, -0.25) is 19.2 Å². The van der Waals surface area contributed by atoms with E-state index in [4.69, 9.17) is 16.3 Å². The summed E-state index contributed by atoms with van der Waals surface area (Å²) in [5, 5.41) is 3.95. The van der Waals surface area contributed by atoms with Gasteiger partial charge in [0.2, 0.25) is 5.91 Å². The van der Waals surface area contributed by atoms with Crippen LogP contribution >= 0.6 is 11.6 Å². The first-order chi connectivity index (χ1) is 28.6. The van der Waals surface area contributed by atoms with Crippen LogP contribution in [0.4, 0.5) is 0 Å². The van der Waals surface area contributed by atoms with E-state index in [9.17, 15) is 19.2 Å². The number of rotatable bonds is 13. The lowest BCUT2D eigenvalue weighted by Gasteiger charge is -2.77. The lowest BCUT2D eigenvalue weighted by Crippen LogP contribution is -2.69. The second-order valence-corrected chi connectivity index (χ2v) is 24.9. The van der Waals surface area contributed by atoms with Crippen molar-refractivity contribution in [3.05, 3.63) is 57.6 Å². The minimum Gasteiger partial charge on any atom is -0.460 e. The van der Waals surface area contributed by atoms with Crippen LogP contribution in [0.25, 0.3) is 0 Å². The van der Waals surface area contributed by atoms with E-state index in [1.807, 2.05) is 53.7 Å². The molecule has 1 aromatic rings. The number of benzene rings is 1. The Morgan fingerprint density at radius 2 is 1.48 bits per heavy atom. The third kappa shape index (κ3) is 8.36. The first-order valence-electron chi connectivity index (χ1n) is 24.3. The number of esters is 1. The molecule has 7 heteroatoms. The number of amides is 1. The van der Waals surface area contributed by atoms with Crippen molar-refractivity contribution in [1.82, 2.24) is 5.32 Å². The van der Waals surface area contributed by atoms with E-state index >= 15 is 0 Å². The Kier molecular flexibility index (Phi) is 13.3. The molecular weight excluding hydrogens is 790 g/mol. The number of hydrogen-bond donors (Lipinski definition) is 1. The van der Waals surface area contributed by atoms with Gasteiger partial charge < -0.3 is 10.1 Å². The maximum Gasteiger partial charge on any atom is 0.312 e. The smallest absolute Gasteiger partial charge is 0.312 e. The molecule has 6 rings (SSSR count). The molecule has 0 radical (unpaired) electrons. The lowest BCUT2D eigenvalue weighted by molar-refractivity contribution is -0.270. The molecule has 1 amide bonds. The Bertz CT molecular complexity index is 1980. The number of aryl methyl sites for hydroxylation is 1. The molecule has 0 aliphatic heterocycles. The monoisotopic (exact) mass is 872 g/mol. The summed E-state index contributed by atoms with van der Waals surface area (Å²) in [5.74, 6) is 1.28. The fraction of sp³-hybridized carbons (Fsp3) is 0.745. The maximum absolute atomic E-state index is 14.3. The zero-order valence-electron chi connectivity index (χ0n) is 41.2. The third-order valence-corrected chi connectivity index (χ3v) is 19.0. The van der Waals surface area contributed by atoms with Gasteiger partial charge in [0.25, 0.3) is 0 Å². The summed E-state index contributed by atoms with van der Waals surface area (Å²) in [7, 11) is 0. The predicted octanol–water partition coefficient (Wildman–Crippen LogP) is 13.4. The van der Waals surface area contributed by atoms with Crippen LogP contribution in [0.5, 0.6) is 0 Å². The largest absolute Gasteiger partial charge is 0.460 e. The van der Waals surface area contributed by atoms with E-state index in [0.717, 1.165) is 86.8 Å². The number of allylic oxidation sites excluding steroid dienone is 3. The van der Waals surface area contributed by atoms with E-state index < -0.39 is 16.4 Å². The van der Waals surface area contributed by atoms with Crippen molar-refractivity contribution in [2.45, 2.75) is 192 Å². The van der Waals surface area contributed by atoms with Gasteiger partial charge in [-0.05, 0) is 192 Å². The number of ether oxygens (including phenoxy) is 1. The minimum atomic E-state index is -0.863. The molecule has 5 aliphatic carbocycles. The van der Waals surface area contributed by atoms with Gasteiger partial charge in [0.1, 0.15) is 11.4 Å². The van der Waals surface area contributed by atoms with Crippen LogP contribution in [0.2, 0.25) is 5.02 Å². The lowest BCUT2D eigenvalue weighted by atomic mass is 9.27. The molecule has 1 aromatic carbocycles. The van der Waals surface area contributed by atoms with Crippen LogP contribution in [0.1, 0.15) is 186 Å². The number of ketones is 2. The Labute approximate surface area is 381 Å². The summed E-state index contributed by atoms with van der Waals surface area (Å²) >= 11 is 6.06. The van der Waals surface area contributed by atoms with Crippen LogP contribution in [0.3, 0.4) is 0 Å². The summed E-state index contributed by atoms with van der Waals surface area (Å²) in [6, 6.07) is 7.99. The molecule has 0 heterocycles. The molecule has 0 saturated heterocycles. The molecule has 0 spiro atoms. The quantitative estimate of drug-likeness (QED) is 0.121. The normalized spacial score (nSPS) is 34.5. The zero-order chi connectivity index (χ0) is 46.1. The molecular formula is C55H82ClNO5. The summed E-state index contributed by atoms with van der Waals surface area (Å²) in [4.78, 5) is 54.9. The molecule has 0 aromatic heterocycles. The summed E-state index contributed by atoms with van der Waals surface area (Å²) in [6.45, 7) is 31.6. The van der Waals surface area contributed by atoms with E-state index in [0.29, 0.717) is 25.3 Å². The molecule has 0 bridgehead atoms. The summed E-state index contributed by atoms with van der Waals surface area (Å²) in [6.07, 6.45) is 14.7. The van der Waals surface area contributed by atoms with Crippen molar-refractivity contribution in [1.29, 1.82) is 0 Å². The van der Waals surface area contributed by atoms with Crippen molar-refractivity contribution in [2.75, 3.05) is 6.54 Å². The molecule has 6 nitrogen and oxygen atoms in total. The van der Waals surface area contributed by atoms with Crippen LogP contribution in [-0.4, -0.2) is 35.6 Å². The summed E-state index contributed by atoms with van der Waals surface area (Å²) in [5.41, 5.74) is 2.69. The third-order valence-electron chi connectivity index (χ3n) is 18.7. The van der Waals surface area contributed by atoms with Gasteiger partial charge in [0.05, 0.1) is 5.41 Å². The first kappa shape index (κ1) is 48.7. The Morgan fingerprint density at radius 1 is 0.855 bits per heavy atom. The van der Waals surface area contributed by atoms with E-state index in [2.05, 4.69) is 78.9 Å². The number of Topliss-reactive ketones (excluding diaryl/α,β-unsaturated/α-hetero) is 2. The highest BCUT2D eigenvalue weighted by atomic mass is 35.5. The van der Waals surface area contributed by atoms with Crippen molar-refractivity contribution < 1.29 is 23.9 Å².